The Morgan fingerprint density at radius 3 is 2.53 bits per heavy atom. The molecule has 9 heteroatoms. The highest BCUT2D eigenvalue weighted by Crippen LogP contribution is 2.48. The topological polar surface area (TPSA) is 87.1 Å². The number of carbonyl (C=O) groups is 1. The summed E-state index contributed by atoms with van der Waals surface area (Å²) in [7, 11) is -2.14. The maximum atomic E-state index is 13.8. The molecule has 1 aliphatic heterocycles. The van der Waals surface area contributed by atoms with E-state index >= 15 is 0 Å². The fourth-order valence-electron chi connectivity index (χ4n) is 4.35. The van der Waals surface area contributed by atoms with Crippen molar-refractivity contribution in [1.29, 1.82) is 0 Å². The van der Waals surface area contributed by atoms with E-state index in [9.17, 15) is 18.3 Å². The lowest BCUT2D eigenvalue weighted by Crippen LogP contribution is -2.40. The highest BCUT2D eigenvalue weighted by atomic mass is 32.2. The summed E-state index contributed by atoms with van der Waals surface area (Å²) in [4.78, 5) is 14.7. The van der Waals surface area contributed by atoms with Gasteiger partial charge in [-0.2, -0.15) is 4.31 Å². The number of likely N-dealkylation sites (N-methyl/N-ethyl adjacent to an activating group) is 1. The van der Waals surface area contributed by atoms with Gasteiger partial charge in [-0.3, -0.25) is 4.79 Å². The molecule has 4 rings (SSSR count). The molecule has 1 heterocycles. The minimum atomic E-state index is -3.79. The SMILES string of the molecule is CCCCC1CN(c2ccccc2)c2cc(SC)c(OCC3(C(=O)O)CC3)cc2S(=O)(=O)N1C. The first-order valence-corrected chi connectivity index (χ1v) is 14.3. The van der Waals surface area contributed by atoms with Gasteiger partial charge in [-0.25, -0.2) is 8.42 Å². The number of unbranched alkanes of at least 4 members (excludes halogenated alkanes) is 1. The first-order valence-electron chi connectivity index (χ1n) is 11.6. The minimum absolute atomic E-state index is 0.0338. The van der Waals surface area contributed by atoms with E-state index in [-0.39, 0.29) is 17.5 Å². The maximum Gasteiger partial charge on any atom is 0.313 e. The van der Waals surface area contributed by atoms with Crippen LogP contribution < -0.4 is 9.64 Å². The first-order chi connectivity index (χ1) is 16.2. The van der Waals surface area contributed by atoms with Gasteiger partial charge >= 0.3 is 5.97 Å². The summed E-state index contributed by atoms with van der Waals surface area (Å²) in [6.07, 6.45) is 5.75. The Labute approximate surface area is 206 Å². The third kappa shape index (κ3) is 4.65. The normalized spacial score (nSPS) is 20.9. The average molecular weight is 505 g/mol. The lowest BCUT2D eigenvalue weighted by Gasteiger charge is -2.29. The minimum Gasteiger partial charge on any atom is -0.491 e. The Balaban J connectivity index is 1.82. The van der Waals surface area contributed by atoms with Gasteiger partial charge in [0.25, 0.3) is 0 Å². The zero-order valence-electron chi connectivity index (χ0n) is 19.9. The summed E-state index contributed by atoms with van der Waals surface area (Å²) in [6, 6.07) is 13.1. The molecule has 1 unspecified atom stereocenters. The summed E-state index contributed by atoms with van der Waals surface area (Å²) >= 11 is 1.46. The molecule has 1 fully saturated rings. The number of rotatable bonds is 9. The maximum absolute atomic E-state index is 13.8. The van der Waals surface area contributed by atoms with Crippen LogP contribution in [0.4, 0.5) is 11.4 Å². The predicted molar refractivity (Wildman–Crippen MR) is 135 cm³/mol. The molecule has 0 spiro atoms. The number of anilines is 2. The van der Waals surface area contributed by atoms with Crippen molar-refractivity contribution in [2.24, 2.45) is 5.41 Å². The fourth-order valence-corrected chi connectivity index (χ4v) is 6.46. The highest BCUT2D eigenvalue weighted by Gasteiger charge is 2.51. The average Bonchev–Trinajstić information content (AvgIpc) is 3.64. The second kappa shape index (κ2) is 9.79. The largest absolute Gasteiger partial charge is 0.491 e. The quantitative estimate of drug-likeness (QED) is 0.482. The molecular formula is C25H32N2O5S2. The molecule has 0 amide bonds. The van der Waals surface area contributed by atoms with Gasteiger partial charge in [-0.05, 0) is 43.7 Å². The van der Waals surface area contributed by atoms with Crippen molar-refractivity contribution in [3.63, 3.8) is 0 Å². The first kappa shape index (κ1) is 24.9. The Morgan fingerprint density at radius 1 is 1.24 bits per heavy atom. The van der Waals surface area contributed by atoms with Crippen molar-refractivity contribution in [1.82, 2.24) is 4.31 Å². The molecule has 2 aliphatic rings. The molecule has 0 saturated heterocycles. The van der Waals surface area contributed by atoms with Crippen molar-refractivity contribution in [2.45, 2.75) is 54.9 Å². The van der Waals surface area contributed by atoms with Gasteiger partial charge in [-0.15, -0.1) is 11.8 Å². The van der Waals surface area contributed by atoms with Crippen LogP contribution in [-0.4, -0.2) is 56.3 Å². The number of para-hydroxylation sites is 1. The zero-order chi connectivity index (χ0) is 24.5. The number of hydrogen-bond donors (Lipinski definition) is 1. The second-order valence-corrected chi connectivity index (χ2v) is 11.9. The van der Waals surface area contributed by atoms with Gasteiger partial charge in [-0.1, -0.05) is 38.0 Å². The third-order valence-electron chi connectivity index (χ3n) is 6.87. The van der Waals surface area contributed by atoms with E-state index < -0.39 is 21.4 Å². The smallest absolute Gasteiger partial charge is 0.313 e. The van der Waals surface area contributed by atoms with Gasteiger partial charge in [0, 0.05) is 31.4 Å². The van der Waals surface area contributed by atoms with E-state index in [1.54, 1.807) is 13.1 Å². The van der Waals surface area contributed by atoms with Crippen molar-refractivity contribution in [3.8, 4) is 5.75 Å². The molecule has 0 aromatic heterocycles. The second-order valence-electron chi connectivity index (χ2n) is 9.11. The van der Waals surface area contributed by atoms with Crippen molar-refractivity contribution in [3.05, 3.63) is 42.5 Å². The number of nitrogens with zero attached hydrogens (tertiary/aromatic N) is 2. The molecule has 1 saturated carbocycles. The van der Waals surface area contributed by atoms with Gasteiger partial charge in [0.05, 0.1) is 10.6 Å². The van der Waals surface area contributed by atoms with Gasteiger partial charge in [0.2, 0.25) is 10.0 Å². The van der Waals surface area contributed by atoms with Crippen LogP contribution in [0.15, 0.2) is 52.3 Å². The molecule has 184 valence electrons. The van der Waals surface area contributed by atoms with Crippen LogP contribution in [0.1, 0.15) is 39.0 Å². The Bertz CT molecular complexity index is 1150. The molecule has 0 radical (unpaired) electrons. The number of fused-ring (bicyclic) bond motifs is 1. The number of thioether (sulfide) groups is 1. The standard InChI is InChI=1S/C25H32N2O5S2/c1-4-5-9-19-16-27(18-10-7-6-8-11-18)20-14-22(33-3)21(15-23(20)34(30,31)26(19)2)32-17-25(12-13-25)24(28)29/h6-8,10-11,14-15,19H,4-5,9,12-13,16-17H2,1-3H3,(H,28,29). The molecule has 7 nitrogen and oxygen atoms in total. The van der Waals surface area contributed by atoms with E-state index in [2.05, 4.69) is 11.8 Å². The van der Waals surface area contributed by atoms with E-state index in [1.165, 1.54) is 16.1 Å². The summed E-state index contributed by atoms with van der Waals surface area (Å²) in [5, 5.41) is 9.52. The Kier molecular flexibility index (Phi) is 7.17. The fraction of sp³-hybridized carbons (Fsp3) is 0.480. The van der Waals surface area contributed by atoms with Gasteiger partial charge in [0.15, 0.2) is 0 Å². The lowest BCUT2D eigenvalue weighted by atomic mass is 10.1. The molecule has 2 aromatic carbocycles. The number of benzene rings is 2. The molecular weight excluding hydrogens is 472 g/mol. The summed E-state index contributed by atoms with van der Waals surface area (Å²) in [6.45, 7) is 2.68. The van der Waals surface area contributed by atoms with Crippen LogP contribution in [0.25, 0.3) is 0 Å². The van der Waals surface area contributed by atoms with E-state index in [0.717, 1.165) is 29.8 Å². The molecule has 1 aliphatic carbocycles. The monoisotopic (exact) mass is 504 g/mol. The molecule has 34 heavy (non-hydrogen) atoms. The third-order valence-corrected chi connectivity index (χ3v) is 9.57. The number of aliphatic carboxylic acids is 1. The van der Waals surface area contributed by atoms with Crippen LogP contribution in [0.5, 0.6) is 5.75 Å². The molecule has 1 atom stereocenters. The van der Waals surface area contributed by atoms with Gasteiger partial charge < -0.3 is 14.7 Å². The lowest BCUT2D eigenvalue weighted by molar-refractivity contribution is -0.144. The van der Waals surface area contributed by atoms with Crippen LogP contribution >= 0.6 is 11.8 Å². The summed E-state index contributed by atoms with van der Waals surface area (Å²) in [5.74, 6) is -0.454. The van der Waals surface area contributed by atoms with E-state index in [1.807, 2.05) is 42.7 Å². The van der Waals surface area contributed by atoms with Crippen molar-refractivity contribution < 1.29 is 23.1 Å². The Hall–Kier alpha value is -2.23. The Morgan fingerprint density at radius 2 is 1.94 bits per heavy atom. The summed E-state index contributed by atoms with van der Waals surface area (Å²) < 4.78 is 35.1. The van der Waals surface area contributed by atoms with Crippen LogP contribution in [-0.2, 0) is 14.8 Å². The number of carboxylic acids is 1. The molecule has 1 N–H and O–H groups in total. The van der Waals surface area contributed by atoms with E-state index in [0.29, 0.717) is 30.8 Å². The molecule has 2 aromatic rings. The number of hydrogen-bond acceptors (Lipinski definition) is 6. The van der Waals surface area contributed by atoms with Crippen LogP contribution in [0.3, 0.4) is 0 Å². The predicted octanol–water partition coefficient (Wildman–Crippen LogP) is 4.98. The van der Waals surface area contributed by atoms with Crippen LogP contribution in [0, 0.1) is 5.41 Å². The van der Waals surface area contributed by atoms with Crippen molar-refractivity contribution in [2.75, 3.05) is 31.4 Å². The number of sulfonamides is 1. The van der Waals surface area contributed by atoms with Gasteiger partial charge in [0.1, 0.15) is 22.7 Å². The number of ether oxygens (including phenoxy) is 1. The number of carboxylic acid groups (broad SMARTS) is 1. The van der Waals surface area contributed by atoms with Crippen LogP contribution in [0.2, 0.25) is 0 Å². The van der Waals surface area contributed by atoms with E-state index in [4.69, 9.17) is 4.74 Å². The highest BCUT2D eigenvalue weighted by molar-refractivity contribution is 7.98. The molecule has 0 bridgehead atoms. The van der Waals surface area contributed by atoms with Crippen molar-refractivity contribution >= 4 is 39.1 Å². The zero-order valence-corrected chi connectivity index (χ0v) is 21.5. The summed E-state index contributed by atoms with van der Waals surface area (Å²) in [5.41, 5.74) is 0.687.